The van der Waals surface area contributed by atoms with E-state index < -0.39 is 16.0 Å². The lowest BCUT2D eigenvalue weighted by Gasteiger charge is -2.26. The molecule has 7 nitrogen and oxygen atoms in total. The number of aliphatic carboxylic acids is 1. The molecular formula is C13H18N2O5S2. The molecule has 3 N–H and O–H groups in total. The minimum atomic E-state index is -3.55. The van der Waals surface area contributed by atoms with Crippen LogP contribution in [0.1, 0.15) is 35.4 Å². The van der Waals surface area contributed by atoms with Gasteiger partial charge in [0, 0.05) is 11.4 Å². The highest BCUT2D eigenvalue weighted by atomic mass is 32.2. The van der Waals surface area contributed by atoms with Gasteiger partial charge in [-0.3, -0.25) is 9.59 Å². The molecule has 0 radical (unpaired) electrons. The molecule has 0 atom stereocenters. The van der Waals surface area contributed by atoms with Gasteiger partial charge in [-0.05, 0) is 38.8 Å². The molecular weight excluding hydrogens is 328 g/mol. The maximum atomic E-state index is 12.1. The van der Waals surface area contributed by atoms with Crippen molar-refractivity contribution in [1.29, 1.82) is 0 Å². The first-order chi connectivity index (χ1) is 10.3. The van der Waals surface area contributed by atoms with Gasteiger partial charge in [0.15, 0.2) is 0 Å². The van der Waals surface area contributed by atoms with Gasteiger partial charge in [-0.1, -0.05) is 0 Å². The molecule has 1 fully saturated rings. The predicted octanol–water partition coefficient (Wildman–Crippen LogP) is 1.03. The predicted molar refractivity (Wildman–Crippen MR) is 81.4 cm³/mol. The lowest BCUT2D eigenvalue weighted by Crippen LogP contribution is -2.38. The van der Waals surface area contributed by atoms with E-state index in [1.807, 2.05) is 0 Å². The second-order valence-corrected chi connectivity index (χ2v) is 8.01. The van der Waals surface area contributed by atoms with E-state index in [1.165, 1.54) is 18.5 Å². The topological polar surface area (TPSA) is 113 Å². The Hall–Kier alpha value is -1.45. The van der Waals surface area contributed by atoms with Gasteiger partial charge in [-0.2, -0.15) is 0 Å². The van der Waals surface area contributed by atoms with Gasteiger partial charge in [-0.25, -0.2) is 13.1 Å². The van der Waals surface area contributed by atoms with Crippen molar-refractivity contribution in [2.75, 3.05) is 7.05 Å². The Balaban J connectivity index is 1.95. The first kappa shape index (κ1) is 16.9. The molecule has 1 aromatic heterocycles. The number of carbonyl (C=O) groups excluding carboxylic acids is 1. The Bertz CT molecular complexity index is 660. The summed E-state index contributed by atoms with van der Waals surface area (Å²) in [6.45, 7) is 0. The van der Waals surface area contributed by atoms with Crippen molar-refractivity contribution in [2.24, 2.45) is 5.92 Å². The molecule has 0 spiro atoms. The normalized spacial score (nSPS) is 22.2. The Labute approximate surface area is 132 Å². The van der Waals surface area contributed by atoms with E-state index in [-0.39, 0.29) is 22.8 Å². The van der Waals surface area contributed by atoms with Crippen LogP contribution >= 0.6 is 11.3 Å². The zero-order chi connectivity index (χ0) is 16.3. The minimum absolute atomic E-state index is 0.0606. The second kappa shape index (κ2) is 6.76. The van der Waals surface area contributed by atoms with E-state index >= 15 is 0 Å². The van der Waals surface area contributed by atoms with E-state index in [9.17, 15) is 18.0 Å². The number of nitrogens with one attached hydrogen (secondary N) is 2. The maximum Gasteiger partial charge on any atom is 0.306 e. The first-order valence-electron chi connectivity index (χ1n) is 6.89. The minimum Gasteiger partial charge on any atom is -0.481 e. The third-order valence-electron chi connectivity index (χ3n) is 3.79. The molecule has 1 heterocycles. The van der Waals surface area contributed by atoms with Gasteiger partial charge in [0.05, 0.1) is 15.7 Å². The van der Waals surface area contributed by atoms with Crippen molar-refractivity contribution in [3.05, 3.63) is 16.3 Å². The molecule has 0 saturated heterocycles. The van der Waals surface area contributed by atoms with E-state index in [0.717, 1.165) is 11.3 Å². The highest BCUT2D eigenvalue weighted by Gasteiger charge is 2.27. The number of carbonyl (C=O) groups is 2. The van der Waals surface area contributed by atoms with Crippen LogP contribution in [0.5, 0.6) is 0 Å². The average molecular weight is 346 g/mol. The monoisotopic (exact) mass is 346 g/mol. The molecule has 1 aromatic rings. The lowest BCUT2D eigenvalue weighted by molar-refractivity contribution is -0.142. The van der Waals surface area contributed by atoms with Crippen LogP contribution in [-0.4, -0.2) is 38.5 Å². The average Bonchev–Trinajstić information content (AvgIpc) is 2.98. The zero-order valence-electron chi connectivity index (χ0n) is 12.0. The summed E-state index contributed by atoms with van der Waals surface area (Å²) in [7, 11) is -2.23. The molecule has 1 aliphatic rings. The number of carboxylic acids is 1. The van der Waals surface area contributed by atoms with E-state index in [4.69, 9.17) is 5.11 Å². The largest absolute Gasteiger partial charge is 0.481 e. The summed E-state index contributed by atoms with van der Waals surface area (Å²) in [6.07, 6.45) is 2.33. The second-order valence-electron chi connectivity index (χ2n) is 5.21. The van der Waals surface area contributed by atoms with Gasteiger partial charge < -0.3 is 10.4 Å². The molecule has 0 aromatic carbocycles. The van der Waals surface area contributed by atoms with Crippen LogP contribution in [0.15, 0.2) is 16.3 Å². The fourth-order valence-corrected chi connectivity index (χ4v) is 4.34. The van der Waals surface area contributed by atoms with Crippen LogP contribution in [0.25, 0.3) is 0 Å². The summed E-state index contributed by atoms with van der Waals surface area (Å²) in [4.78, 5) is 23.4. The smallest absolute Gasteiger partial charge is 0.306 e. The van der Waals surface area contributed by atoms with E-state index in [2.05, 4.69) is 10.0 Å². The summed E-state index contributed by atoms with van der Waals surface area (Å²) in [6, 6.07) is 1.28. The summed E-state index contributed by atoms with van der Waals surface area (Å²) >= 11 is 1.07. The van der Waals surface area contributed by atoms with E-state index in [0.29, 0.717) is 30.6 Å². The molecule has 2 rings (SSSR count). The zero-order valence-corrected chi connectivity index (χ0v) is 13.7. The highest BCUT2D eigenvalue weighted by molar-refractivity contribution is 7.89. The van der Waals surface area contributed by atoms with Gasteiger partial charge in [0.1, 0.15) is 0 Å². The molecule has 1 amide bonds. The summed E-state index contributed by atoms with van der Waals surface area (Å²) in [5, 5.41) is 13.2. The van der Waals surface area contributed by atoms with E-state index in [1.54, 1.807) is 0 Å². The quantitative estimate of drug-likeness (QED) is 0.737. The number of hydrogen-bond donors (Lipinski definition) is 3. The molecule has 1 aliphatic carbocycles. The Morgan fingerprint density at radius 1 is 1.27 bits per heavy atom. The molecule has 22 heavy (non-hydrogen) atoms. The van der Waals surface area contributed by atoms with Crippen molar-refractivity contribution in [3.63, 3.8) is 0 Å². The first-order valence-corrected chi connectivity index (χ1v) is 9.25. The molecule has 122 valence electrons. The van der Waals surface area contributed by atoms with Crippen molar-refractivity contribution in [1.82, 2.24) is 10.0 Å². The van der Waals surface area contributed by atoms with Crippen LogP contribution in [0.3, 0.4) is 0 Å². The number of hydrogen-bond acceptors (Lipinski definition) is 5. The van der Waals surface area contributed by atoms with Crippen molar-refractivity contribution in [2.45, 2.75) is 36.6 Å². The van der Waals surface area contributed by atoms with Gasteiger partial charge in [-0.15, -0.1) is 11.3 Å². The van der Waals surface area contributed by atoms with Gasteiger partial charge in [0.25, 0.3) is 5.91 Å². The van der Waals surface area contributed by atoms with Crippen LogP contribution < -0.4 is 10.0 Å². The Morgan fingerprint density at radius 3 is 2.45 bits per heavy atom. The van der Waals surface area contributed by atoms with Crippen LogP contribution in [0, 0.1) is 5.92 Å². The molecule has 0 bridgehead atoms. The van der Waals surface area contributed by atoms with Gasteiger partial charge >= 0.3 is 5.97 Å². The molecule has 0 aliphatic heterocycles. The maximum absolute atomic E-state index is 12.1. The Morgan fingerprint density at radius 2 is 1.91 bits per heavy atom. The fraction of sp³-hybridized carbons (Fsp3) is 0.538. The number of thiophene rings is 1. The molecule has 9 heteroatoms. The molecule has 1 saturated carbocycles. The van der Waals surface area contributed by atoms with Crippen LogP contribution in [0.4, 0.5) is 0 Å². The lowest BCUT2D eigenvalue weighted by atomic mass is 9.86. The number of sulfonamides is 1. The summed E-state index contributed by atoms with van der Waals surface area (Å²) in [5.41, 5.74) is 0. The van der Waals surface area contributed by atoms with Crippen LogP contribution in [0.2, 0.25) is 0 Å². The van der Waals surface area contributed by atoms with Crippen LogP contribution in [-0.2, 0) is 14.8 Å². The third-order valence-corrected chi connectivity index (χ3v) is 6.26. The standard InChI is InChI=1S/C13H18N2O5S2/c1-14-22(19,20)10-6-11(21-7-10)12(16)15-9-4-2-8(3-5-9)13(17)18/h6-9,14H,2-5H2,1H3,(H,15,16)(H,17,18). The van der Waals surface area contributed by atoms with Crippen molar-refractivity contribution < 1.29 is 23.1 Å². The van der Waals surface area contributed by atoms with Crippen molar-refractivity contribution in [3.8, 4) is 0 Å². The van der Waals surface area contributed by atoms with Gasteiger partial charge in [0.2, 0.25) is 10.0 Å². The highest BCUT2D eigenvalue weighted by Crippen LogP contribution is 2.25. The SMILES string of the molecule is CNS(=O)(=O)c1csc(C(=O)NC2CCC(C(=O)O)CC2)c1. The number of amides is 1. The fourth-order valence-electron chi connectivity index (χ4n) is 2.44. The molecule has 0 unspecified atom stereocenters. The van der Waals surface area contributed by atoms with Crippen molar-refractivity contribution >= 4 is 33.2 Å². The number of carboxylic acid groups (broad SMARTS) is 1. The third kappa shape index (κ3) is 3.84. The summed E-state index contributed by atoms with van der Waals surface area (Å²) < 4.78 is 25.5. The Kier molecular flexibility index (Phi) is 5.20. The summed E-state index contributed by atoms with van der Waals surface area (Å²) in [5.74, 6) is -1.44. The number of rotatable bonds is 5.